The first kappa shape index (κ1) is 22.5. The fourth-order valence-corrected chi connectivity index (χ4v) is 4.16. The number of nitrogens with one attached hydrogen (secondary N) is 1. The summed E-state index contributed by atoms with van der Waals surface area (Å²) in [5.74, 6) is -3.04. The molecule has 1 fully saturated rings. The Balaban J connectivity index is 1.37. The molecule has 3 aromatic carbocycles. The molecule has 2 atom stereocenters. The number of halogens is 2. The minimum absolute atomic E-state index is 0.245. The molecule has 170 valence electrons. The third kappa shape index (κ3) is 5.37. The van der Waals surface area contributed by atoms with Gasteiger partial charge in [-0.05, 0) is 60.4 Å². The smallest absolute Gasteiger partial charge is 0.307 e. The summed E-state index contributed by atoms with van der Waals surface area (Å²) in [6.07, 6.45) is 1.83. The summed E-state index contributed by atoms with van der Waals surface area (Å²) in [6.45, 7) is 0.245. The van der Waals surface area contributed by atoms with Gasteiger partial charge in [0.25, 0.3) is 0 Å². The molecule has 33 heavy (non-hydrogen) atoms. The standard InChI is InChI=1S/C26H23F2NO4/c27-18-9-12-21(24(28)14-18)17-7-10-20(11-8-17)33-15-16-3-1-4-19(13-16)29-25(30)22-5-2-6-23(22)26(31)32/h1,3-4,7-14,22-23H,2,5-6,15H2,(H,29,30)(H,31,32)/t22-,23+/m0/s1. The van der Waals surface area contributed by atoms with Crippen molar-refractivity contribution in [2.24, 2.45) is 11.8 Å². The van der Waals surface area contributed by atoms with Crippen molar-refractivity contribution in [3.8, 4) is 16.9 Å². The molecule has 0 heterocycles. The third-order valence-corrected chi connectivity index (χ3v) is 5.87. The summed E-state index contributed by atoms with van der Waals surface area (Å²) in [7, 11) is 0. The number of amides is 1. The van der Waals surface area contributed by atoms with Crippen molar-refractivity contribution in [2.45, 2.75) is 25.9 Å². The first-order valence-electron chi connectivity index (χ1n) is 10.7. The van der Waals surface area contributed by atoms with E-state index in [4.69, 9.17) is 4.74 Å². The van der Waals surface area contributed by atoms with Gasteiger partial charge in [0.05, 0.1) is 11.8 Å². The molecule has 0 spiro atoms. The lowest BCUT2D eigenvalue weighted by Gasteiger charge is -2.16. The monoisotopic (exact) mass is 451 g/mol. The number of anilines is 1. The largest absolute Gasteiger partial charge is 0.489 e. The van der Waals surface area contributed by atoms with Gasteiger partial charge in [-0.1, -0.05) is 30.7 Å². The van der Waals surface area contributed by atoms with Gasteiger partial charge in [-0.15, -0.1) is 0 Å². The van der Waals surface area contributed by atoms with Crippen LogP contribution >= 0.6 is 0 Å². The number of ether oxygens (including phenoxy) is 1. The number of hydrogen-bond donors (Lipinski definition) is 2. The summed E-state index contributed by atoms with van der Waals surface area (Å²) in [6, 6.07) is 17.4. The molecule has 1 saturated carbocycles. The maximum atomic E-state index is 14.0. The molecule has 2 N–H and O–H groups in total. The summed E-state index contributed by atoms with van der Waals surface area (Å²) in [4.78, 5) is 23.9. The molecule has 0 aromatic heterocycles. The number of carbonyl (C=O) groups is 2. The average Bonchev–Trinajstić information content (AvgIpc) is 3.29. The van der Waals surface area contributed by atoms with E-state index in [1.807, 2.05) is 6.07 Å². The molecule has 4 rings (SSSR count). The fourth-order valence-electron chi connectivity index (χ4n) is 4.16. The number of aliphatic carboxylic acids is 1. The molecule has 5 nitrogen and oxygen atoms in total. The molecule has 3 aromatic rings. The molecule has 7 heteroatoms. The number of carboxylic acids is 1. The second kappa shape index (κ2) is 9.81. The van der Waals surface area contributed by atoms with Gasteiger partial charge in [0.2, 0.25) is 5.91 Å². The maximum Gasteiger partial charge on any atom is 0.307 e. The quantitative estimate of drug-likeness (QED) is 0.487. The first-order chi connectivity index (χ1) is 15.9. The van der Waals surface area contributed by atoms with Crippen LogP contribution in [0.15, 0.2) is 66.7 Å². The summed E-state index contributed by atoms with van der Waals surface area (Å²) in [5, 5.41) is 12.1. The number of benzene rings is 3. The molecule has 0 aliphatic heterocycles. The van der Waals surface area contributed by atoms with E-state index in [0.29, 0.717) is 35.4 Å². The Morgan fingerprint density at radius 2 is 1.73 bits per heavy atom. The van der Waals surface area contributed by atoms with E-state index in [2.05, 4.69) is 5.32 Å². The molecule has 1 aliphatic rings. The van der Waals surface area contributed by atoms with Crippen molar-refractivity contribution in [2.75, 3.05) is 5.32 Å². The second-order valence-corrected chi connectivity index (χ2v) is 8.11. The third-order valence-electron chi connectivity index (χ3n) is 5.87. The predicted molar refractivity (Wildman–Crippen MR) is 120 cm³/mol. The number of carboxylic acid groups (broad SMARTS) is 1. The van der Waals surface area contributed by atoms with Gasteiger partial charge < -0.3 is 15.2 Å². The van der Waals surface area contributed by atoms with E-state index in [1.54, 1.807) is 42.5 Å². The lowest BCUT2D eigenvalue weighted by Crippen LogP contribution is -2.30. The second-order valence-electron chi connectivity index (χ2n) is 8.11. The SMILES string of the molecule is O=C(Nc1cccc(COc2ccc(-c3ccc(F)cc3F)cc2)c1)[C@H]1CCC[C@H]1C(=O)O. The summed E-state index contributed by atoms with van der Waals surface area (Å²) < 4.78 is 32.9. The normalized spacial score (nSPS) is 17.5. The van der Waals surface area contributed by atoms with Crippen LogP contribution < -0.4 is 10.1 Å². The van der Waals surface area contributed by atoms with Gasteiger partial charge >= 0.3 is 5.97 Å². The zero-order valence-corrected chi connectivity index (χ0v) is 17.8. The minimum Gasteiger partial charge on any atom is -0.489 e. The van der Waals surface area contributed by atoms with Crippen LogP contribution in [-0.4, -0.2) is 17.0 Å². The van der Waals surface area contributed by atoms with E-state index >= 15 is 0 Å². The van der Waals surface area contributed by atoms with Crippen LogP contribution in [0.4, 0.5) is 14.5 Å². The van der Waals surface area contributed by atoms with Crippen LogP contribution in [0.5, 0.6) is 5.75 Å². The first-order valence-corrected chi connectivity index (χ1v) is 10.7. The Morgan fingerprint density at radius 3 is 2.45 bits per heavy atom. The predicted octanol–water partition coefficient (Wildman–Crippen LogP) is 5.65. The van der Waals surface area contributed by atoms with Crippen LogP contribution in [-0.2, 0) is 16.2 Å². The minimum atomic E-state index is -0.928. The Kier molecular flexibility index (Phi) is 6.68. The number of rotatable bonds is 7. The molecule has 0 saturated heterocycles. The molecule has 0 radical (unpaired) electrons. The van der Waals surface area contributed by atoms with Gasteiger partial charge in [-0.3, -0.25) is 9.59 Å². The van der Waals surface area contributed by atoms with Gasteiger partial charge in [-0.25, -0.2) is 8.78 Å². The summed E-state index contributed by atoms with van der Waals surface area (Å²) >= 11 is 0. The zero-order chi connectivity index (χ0) is 23.4. The van der Waals surface area contributed by atoms with Gasteiger partial charge in [0.1, 0.15) is 24.0 Å². The number of hydrogen-bond acceptors (Lipinski definition) is 3. The zero-order valence-electron chi connectivity index (χ0n) is 17.8. The highest BCUT2D eigenvalue weighted by Gasteiger charge is 2.37. The van der Waals surface area contributed by atoms with Crippen LogP contribution in [0.2, 0.25) is 0 Å². The Morgan fingerprint density at radius 1 is 0.970 bits per heavy atom. The Labute approximate surface area is 190 Å². The molecule has 0 bridgehead atoms. The van der Waals surface area contributed by atoms with Crippen molar-refractivity contribution in [3.63, 3.8) is 0 Å². The molecular weight excluding hydrogens is 428 g/mol. The van der Waals surface area contributed by atoms with Crippen molar-refractivity contribution in [1.82, 2.24) is 0 Å². The van der Waals surface area contributed by atoms with Crippen LogP contribution in [0, 0.1) is 23.5 Å². The van der Waals surface area contributed by atoms with E-state index < -0.39 is 29.4 Å². The highest BCUT2D eigenvalue weighted by atomic mass is 19.1. The Bertz CT molecular complexity index is 1160. The molecular formula is C26H23F2NO4. The van der Waals surface area contributed by atoms with Gasteiger partial charge in [-0.2, -0.15) is 0 Å². The van der Waals surface area contributed by atoms with Crippen LogP contribution in [0.3, 0.4) is 0 Å². The lowest BCUT2D eigenvalue weighted by atomic mass is 9.95. The van der Waals surface area contributed by atoms with Crippen LogP contribution in [0.1, 0.15) is 24.8 Å². The van der Waals surface area contributed by atoms with E-state index in [1.165, 1.54) is 12.1 Å². The maximum absolute atomic E-state index is 14.0. The topological polar surface area (TPSA) is 75.6 Å². The summed E-state index contributed by atoms with van der Waals surface area (Å²) in [5.41, 5.74) is 2.32. The molecule has 1 aliphatic carbocycles. The molecule has 0 unspecified atom stereocenters. The van der Waals surface area contributed by atoms with Crippen molar-refractivity contribution in [1.29, 1.82) is 0 Å². The number of carbonyl (C=O) groups excluding carboxylic acids is 1. The highest BCUT2D eigenvalue weighted by Crippen LogP contribution is 2.33. The van der Waals surface area contributed by atoms with Gasteiger partial charge in [0, 0.05) is 17.3 Å². The average molecular weight is 451 g/mol. The van der Waals surface area contributed by atoms with Crippen molar-refractivity contribution < 1.29 is 28.2 Å². The van der Waals surface area contributed by atoms with Crippen LogP contribution in [0.25, 0.3) is 11.1 Å². The fraction of sp³-hybridized carbons (Fsp3) is 0.231. The lowest BCUT2D eigenvalue weighted by molar-refractivity contribution is -0.145. The molecule has 1 amide bonds. The highest BCUT2D eigenvalue weighted by molar-refractivity contribution is 5.95. The van der Waals surface area contributed by atoms with E-state index in [0.717, 1.165) is 18.1 Å². The van der Waals surface area contributed by atoms with E-state index in [9.17, 15) is 23.5 Å². The van der Waals surface area contributed by atoms with Crippen molar-refractivity contribution >= 4 is 17.6 Å². The van der Waals surface area contributed by atoms with Crippen molar-refractivity contribution in [3.05, 3.63) is 83.9 Å². The Hall–Kier alpha value is -3.74. The van der Waals surface area contributed by atoms with Gasteiger partial charge in [0.15, 0.2) is 0 Å². The van der Waals surface area contributed by atoms with E-state index in [-0.39, 0.29) is 12.5 Å².